The number of hydrogen-bond donors (Lipinski definition) is 1. The lowest BCUT2D eigenvalue weighted by Crippen LogP contribution is -2.03. The highest BCUT2D eigenvalue weighted by atomic mass is 79.9. The summed E-state index contributed by atoms with van der Waals surface area (Å²) in [6.07, 6.45) is -0.540. The lowest BCUT2D eigenvalue weighted by molar-refractivity contribution is 0.218. The SMILES string of the molecule is Cc1cccc(C)c1C(O)c1cscc1Br. The minimum absolute atomic E-state index is 0.540. The lowest BCUT2D eigenvalue weighted by Gasteiger charge is -2.16. The Morgan fingerprint density at radius 1 is 1.19 bits per heavy atom. The Balaban J connectivity index is 2.49. The summed E-state index contributed by atoms with van der Waals surface area (Å²) in [6.45, 7) is 4.07. The van der Waals surface area contributed by atoms with Crippen LogP contribution in [0.3, 0.4) is 0 Å². The van der Waals surface area contributed by atoms with Gasteiger partial charge < -0.3 is 5.11 Å². The molecule has 0 bridgehead atoms. The van der Waals surface area contributed by atoms with Gasteiger partial charge in [0.15, 0.2) is 0 Å². The van der Waals surface area contributed by atoms with E-state index in [4.69, 9.17) is 0 Å². The largest absolute Gasteiger partial charge is 0.384 e. The van der Waals surface area contributed by atoms with Crippen LogP contribution in [0.15, 0.2) is 33.4 Å². The lowest BCUT2D eigenvalue weighted by atomic mass is 9.95. The molecule has 1 nitrogen and oxygen atoms in total. The predicted octanol–water partition coefficient (Wildman–Crippen LogP) is 4.21. The van der Waals surface area contributed by atoms with Gasteiger partial charge in [-0.05, 0) is 51.8 Å². The van der Waals surface area contributed by atoms with Gasteiger partial charge in [0.2, 0.25) is 0 Å². The number of thiophene rings is 1. The first kappa shape index (κ1) is 11.8. The zero-order valence-electron chi connectivity index (χ0n) is 9.20. The highest BCUT2D eigenvalue weighted by molar-refractivity contribution is 9.10. The molecule has 0 radical (unpaired) electrons. The molecule has 0 saturated heterocycles. The molecule has 1 aromatic carbocycles. The quantitative estimate of drug-likeness (QED) is 0.880. The molecule has 2 rings (SSSR count). The van der Waals surface area contributed by atoms with E-state index in [1.54, 1.807) is 11.3 Å². The summed E-state index contributed by atoms with van der Waals surface area (Å²) in [5.74, 6) is 0. The Morgan fingerprint density at radius 3 is 2.31 bits per heavy atom. The van der Waals surface area contributed by atoms with Crippen LogP contribution < -0.4 is 0 Å². The van der Waals surface area contributed by atoms with Crippen molar-refractivity contribution in [3.8, 4) is 0 Å². The van der Waals surface area contributed by atoms with Crippen LogP contribution in [0.25, 0.3) is 0 Å². The predicted molar refractivity (Wildman–Crippen MR) is 72.0 cm³/mol. The molecule has 1 unspecified atom stereocenters. The standard InChI is InChI=1S/C13H13BrOS/c1-8-4-3-5-9(2)12(8)13(15)10-6-16-7-11(10)14/h3-7,13,15H,1-2H3. The number of halogens is 1. The molecule has 1 atom stereocenters. The van der Waals surface area contributed by atoms with Crippen molar-refractivity contribution in [1.82, 2.24) is 0 Å². The molecule has 1 aromatic heterocycles. The third-order valence-corrected chi connectivity index (χ3v) is 4.50. The van der Waals surface area contributed by atoms with Gasteiger partial charge >= 0.3 is 0 Å². The van der Waals surface area contributed by atoms with Crippen molar-refractivity contribution in [3.63, 3.8) is 0 Å². The van der Waals surface area contributed by atoms with Crippen molar-refractivity contribution < 1.29 is 5.11 Å². The molecule has 2 aromatic rings. The Hall–Kier alpha value is -0.640. The zero-order chi connectivity index (χ0) is 11.7. The van der Waals surface area contributed by atoms with E-state index >= 15 is 0 Å². The molecular weight excluding hydrogens is 284 g/mol. The smallest absolute Gasteiger partial charge is 0.106 e. The molecule has 0 aliphatic carbocycles. The Morgan fingerprint density at radius 2 is 1.81 bits per heavy atom. The molecule has 0 amide bonds. The fraction of sp³-hybridized carbons (Fsp3) is 0.231. The summed E-state index contributed by atoms with van der Waals surface area (Å²) in [5, 5.41) is 14.4. The van der Waals surface area contributed by atoms with Crippen LogP contribution in [0.5, 0.6) is 0 Å². The van der Waals surface area contributed by atoms with Gasteiger partial charge in [0.1, 0.15) is 6.10 Å². The van der Waals surface area contributed by atoms with Gasteiger partial charge in [-0.3, -0.25) is 0 Å². The second-order valence-electron chi connectivity index (χ2n) is 3.88. The van der Waals surface area contributed by atoms with Crippen molar-refractivity contribution in [2.75, 3.05) is 0 Å². The number of aliphatic hydroxyl groups excluding tert-OH is 1. The summed E-state index contributed by atoms with van der Waals surface area (Å²) >= 11 is 5.06. The van der Waals surface area contributed by atoms with E-state index in [1.165, 1.54) is 0 Å². The van der Waals surface area contributed by atoms with E-state index in [1.807, 2.05) is 42.8 Å². The van der Waals surface area contributed by atoms with Crippen LogP contribution in [0.4, 0.5) is 0 Å². The van der Waals surface area contributed by atoms with Crippen LogP contribution in [-0.4, -0.2) is 5.11 Å². The Labute approximate surface area is 108 Å². The van der Waals surface area contributed by atoms with E-state index in [2.05, 4.69) is 15.9 Å². The third kappa shape index (κ3) is 2.08. The summed E-state index contributed by atoms with van der Waals surface area (Å²) in [6, 6.07) is 6.08. The van der Waals surface area contributed by atoms with E-state index in [-0.39, 0.29) is 0 Å². The highest BCUT2D eigenvalue weighted by Gasteiger charge is 2.17. The van der Waals surface area contributed by atoms with Crippen molar-refractivity contribution in [2.24, 2.45) is 0 Å². The molecule has 0 saturated carbocycles. The maximum absolute atomic E-state index is 10.4. The first-order valence-corrected chi connectivity index (χ1v) is 6.80. The van der Waals surface area contributed by atoms with Gasteiger partial charge in [0.05, 0.1) is 0 Å². The summed E-state index contributed by atoms with van der Waals surface area (Å²) in [5.41, 5.74) is 4.22. The minimum Gasteiger partial charge on any atom is -0.384 e. The zero-order valence-corrected chi connectivity index (χ0v) is 11.6. The van der Waals surface area contributed by atoms with Gasteiger partial charge in [-0.1, -0.05) is 18.2 Å². The number of benzene rings is 1. The second-order valence-corrected chi connectivity index (χ2v) is 5.48. The molecule has 0 spiro atoms. The molecular formula is C13H13BrOS. The van der Waals surface area contributed by atoms with E-state index in [0.29, 0.717) is 0 Å². The van der Waals surface area contributed by atoms with Crippen LogP contribution in [0.2, 0.25) is 0 Å². The fourth-order valence-corrected chi connectivity index (χ4v) is 3.43. The van der Waals surface area contributed by atoms with Gasteiger partial charge in [-0.2, -0.15) is 11.3 Å². The maximum atomic E-state index is 10.4. The van der Waals surface area contributed by atoms with Crippen molar-refractivity contribution >= 4 is 27.3 Å². The molecule has 0 aliphatic rings. The van der Waals surface area contributed by atoms with Gasteiger partial charge in [0.25, 0.3) is 0 Å². The van der Waals surface area contributed by atoms with Gasteiger partial charge in [-0.25, -0.2) is 0 Å². The topological polar surface area (TPSA) is 20.2 Å². The van der Waals surface area contributed by atoms with Gasteiger partial charge in [-0.15, -0.1) is 0 Å². The molecule has 16 heavy (non-hydrogen) atoms. The Kier molecular flexibility index (Phi) is 3.47. The third-order valence-electron chi connectivity index (χ3n) is 2.75. The summed E-state index contributed by atoms with van der Waals surface area (Å²) < 4.78 is 0.979. The first-order chi connectivity index (χ1) is 7.61. The first-order valence-electron chi connectivity index (χ1n) is 5.07. The van der Waals surface area contributed by atoms with Crippen LogP contribution in [-0.2, 0) is 0 Å². The number of hydrogen-bond acceptors (Lipinski definition) is 2. The normalized spacial score (nSPS) is 12.8. The Bertz CT molecular complexity index is 484. The number of aryl methyl sites for hydroxylation is 2. The average molecular weight is 297 g/mol. The van der Waals surface area contributed by atoms with E-state index in [0.717, 1.165) is 26.7 Å². The van der Waals surface area contributed by atoms with E-state index < -0.39 is 6.10 Å². The van der Waals surface area contributed by atoms with E-state index in [9.17, 15) is 5.11 Å². The molecule has 0 aliphatic heterocycles. The summed E-state index contributed by atoms with van der Waals surface area (Å²) in [7, 11) is 0. The molecule has 1 heterocycles. The molecule has 3 heteroatoms. The van der Waals surface area contributed by atoms with Crippen molar-refractivity contribution in [2.45, 2.75) is 20.0 Å². The molecule has 1 N–H and O–H groups in total. The fourth-order valence-electron chi connectivity index (χ4n) is 1.90. The minimum atomic E-state index is -0.540. The van der Waals surface area contributed by atoms with Crippen molar-refractivity contribution in [1.29, 1.82) is 0 Å². The number of aliphatic hydroxyl groups is 1. The van der Waals surface area contributed by atoms with Gasteiger partial charge in [0, 0.05) is 15.4 Å². The van der Waals surface area contributed by atoms with Crippen LogP contribution in [0.1, 0.15) is 28.4 Å². The number of rotatable bonds is 2. The van der Waals surface area contributed by atoms with Crippen molar-refractivity contribution in [3.05, 3.63) is 55.7 Å². The monoisotopic (exact) mass is 296 g/mol. The highest BCUT2D eigenvalue weighted by Crippen LogP contribution is 2.34. The average Bonchev–Trinajstić information content (AvgIpc) is 2.64. The van der Waals surface area contributed by atoms with Crippen LogP contribution in [0, 0.1) is 13.8 Å². The maximum Gasteiger partial charge on any atom is 0.106 e. The summed E-state index contributed by atoms with van der Waals surface area (Å²) in [4.78, 5) is 0. The molecule has 84 valence electrons. The van der Waals surface area contributed by atoms with Crippen LogP contribution >= 0.6 is 27.3 Å². The molecule has 0 fully saturated rings. The second kappa shape index (κ2) is 4.70.